The van der Waals surface area contributed by atoms with Crippen LogP contribution in [0.1, 0.15) is 28.6 Å². The van der Waals surface area contributed by atoms with Gasteiger partial charge < -0.3 is 10.1 Å². The van der Waals surface area contributed by atoms with Gasteiger partial charge in [-0.1, -0.05) is 19.1 Å². The number of ether oxygens (including phenoxy) is 1. The number of hydrogen-bond acceptors (Lipinski definition) is 6. The fraction of sp³-hybridized carbons (Fsp3) is 0.167. The van der Waals surface area contributed by atoms with Gasteiger partial charge in [-0.15, -0.1) is 11.3 Å². The van der Waals surface area contributed by atoms with Crippen molar-refractivity contribution in [2.75, 3.05) is 6.61 Å². The molecule has 2 aromatic carbocycles. The molecule has 0 aliphatic carbocycles. The van der Waals surface area contributed by atoms with E-state index in [9.17, 15) is 13.2 Å². The number of hydrogen-bond donors (Lipinski definition) is 1. The van der Waals surface area contributed by atoms with E-state index in [1.165, 1.54) is 11.3 Å². The van der Waals surface area contributed by atoms with Crippen LogP contribution < -0.4 is 10.1 Å². The van der Waals surface area contributed by atoms with Crippen molar-refractivity contribution in [1.82, 2.24) is 10.3 Å². The molecule has 0 fully saturated rings. The van der Waals surface area contributed by atoms with Gasteiger partial charge in [0.2, 0.25) is 9.84 Å². The summed E-state index contributed by atoms with van der Waals surface area (Å²) in [5, 5.41) is 3.86. The molecule has 1 amide bonds. The molecule has 0 saturated carbocycles. The van der Waals surface area contributed by atoms with Crippen LogP contribution in [0.25, 0.3) is 10.1 Å². The molecule has 0 saturated heterocycles. The number of nitrogens with zero attached hydrogens (tertiary/aromatic N) is 1. The Morgan fingerprint density at radius 3 is 2.38 bits per heavy atom. The molecule has 0 unspecified atom stereocenters. The molecule has 1 N–H and O–H groups in total. The lowest BCUT2D eigenvalue weighted by Crippen LogP contribution is -2.21. The van der Waals surface area contributed by atoms with Crippen molar-refractivity contribution in [2.24, 2.45) is 0 Å². The summed E-state index contributed by atoms with van der Waals surface area (Å²) < 4.78 is 32.2. The summed E-state index contributed by atoms with van der Waals surface area (Å²) in [6.45, 7) is 2.90. The van der Waals surface area contributed by atoms with Crippen molar-refractivity contribution in [1.29, 1.82) is 0 Å². The summed E-state index contributed by atoms with van der Waals surface area (Å²) >= 11 is 1.39. The molecule has 0 aliphatic heterocycles. The summed E-state index contributed by atoms with van der Waals surface area (Å²) in [5.74, 6) is 0.472. The van der Waals surface area contributed by atoms with E-state index in [-0.39, 0.29) is 15.7 Å². The lowest BCUT2D eigenvalue weighted by atomic mass is 10.2. The zero-order chi connectivity index (χ0) is 22.6. The van der Waals surface area contributed by atoms with Crippen LogP contribution in [0.4, 0.5) is 0 Å². The average Bonchev–Trinajstić information content (AvgIpc) is 3.26. The van der Waals surface area contributed by atoms with Gasteiger partial charge in [0, 0.05) is 18.9 Å². The van der Waals surface area contributed by atoms with Crippen LogP contribution in [-0.4, -0.2) is 25.9 Å². The van der Waals surface area contributed by atoms with Crippen LogP contribution in [0.15, 0.2) is 82.8 Å². The molecule has 0 atom stereocenters. The van der Waals surface area contributed by atoms with Crippen LogP contribution in [0.3, 0.4) is 0 Å². The first-order chi connectivity index (χ1) is 15.5. The highest BCUT2D eigenvalue weighted by Gasteiger charge is 2.18. The first-order valence-electron chi connectivity index (χ1n) is 10.2. The van der Waals surface area contributed by atoms with E-state index in [0.717, 1.165) is 22.1 Å². The van der Waals surface area contributed by atoms with E-state index in [1.807, 2.05) is 19.1 Å². The third-order valence-corrected chi connectivity index (χ3v) is 7.71. The number of fused-ring (bicyclic) bond motifs is 1. The minimum Gasteiger partial charge on any atom is -0.494 e. The maximum absolute atomic E-state index is 12.9. The van der Waals surface area contributed by atoms with E-state index in [0.29, 0.717) is 23.8 Å². The number of carbonyl (C=O) groups excluding carboxylic acids is 1. The summed E-state index contributed by atoms with van der Waals surface area (Å²) in [6.07, 6.45) is 4.32. The lowest BCUT2D eigenvalue weighted by molar-refractivity contribution is 0.0955. The quantitative estimate of drug-likeness (QED) is 0.401. The van der Waals surface area contributed by atoms with Gasteiger partial charge in [0.25, 0.3) is 5.91 Å². The second kappa shape index (κ2) is 9.50. The largest absolute Gasteiger partial charge is 0.494 e. The Hall–Kier alpha value is -3.23. The van der Waals surface area contributed by atoms with Gasteiger partial charge >= 0.3 is 0 Å². The zero-order valence-corrected chi connectivity index (χ0v) is 19.1. The van der Waals surface area contributed by atoms with E-state index in [4.69, 9.17) is 4.74 Å². The normalized spacial score (nSPS) is 11.4. The van der Waals surface area contributed by atoms with Crippen LogP contribution in [0, 0.1) is 0 Å². The summed E-state index contributed by atoms with van der Waals surface area (Å²) in [6, 6.07) is 16.7. The maximum Gasteiger partial charge on any atom is 0.261 e. The molecule has 6 nitrogen and oxygen atoms in total. The second-order valence-electron chi connectivity index (χ2n) is 7.17. The van der Waals surface area contributed by atoms with Crippen molar-refractivity contribution in [3.05, 3.63) is 83.5 Å². The molecule has 4 rings (SSSR count). The van der Waals surface area contributed by atoms with Crippen molar-refractivity contribution in [2.45, 2.75) is 29.7 Å². The summed E-state index contributed by atoms with van der Waals surface area (Å²) in [7, 11) is -3.63. The van der Waals surface area contributed by atoms with Gasteiger partial charge in [0.15, 0.2) is 0 Å². The molecule has 0 bridgehead atoms. The van der Waals surface area contributed by atoms with Gasteiger partial charge in [0.1, 0.15) is 5.75 Å². The predicted octanol–water partition coefficient (Wildman–Crippen LogP) is 4.85. The third-order valence-electron chi connectivity index (χ3n) is 4.84. The molecule has 0 spiro atoms. The molecular weight excluding hydrogens is 444 g/mol. The number of thiophene rings is 1. The number of aromatic nitrogens is 1. The van der Waals surface area contributed by atoms with E-state index in [2.05, 4.69) is 10.3 Å². The number of sulfone groups is 1. The fourth-order valence-corrected chi connectivity index (χ4v) is 5.33. The number of pyridine rings is 1. The van der Waals surface area contributed by atoms with Crippen LogP contribution in [0.5, 0.6) is 5.75 Å². The smallest absolute Gasteiger partial charge is 0.261 e. The van der Waals surface area contributed by atoms with Crippen LogP contribution in [0.2, 0.25) is 0 Å². The Balaban J connectivity index is 1.41. The van der Waals surface area contributed by atoms with Crippen molar-refractivity contribution >= 4 is 37.2 Å². The first-order valence-corrected chi connectivity index (χ1v) is 12.5. The van der Waals surface area contributed by atoms with Crippen molar-refractivity contribution < 1.29 is 17.9 Å². The van der Waals surface area contributed by atoms with Gasteiger partial charge in [0.05, 0.1) is 26.0 Å². The highest BCUT2D eigenvalue weighted by Crippen LogP contribution is 2.25. The standard InChI is InChI=1S/C24H22N2O4S2/c1-2-13-30-19-5-9-21(10-6-19)32(28,29)20-7-3-17(4-8-20)15-26-24(27)22-14-18-11-12-25-16-23(18)31-22/h3-12,14,16H,2,13,15H2,1H3,(H,26,27). The Morgan fingerprint density at radius 1 is 1.03 bits per heavy atom. The highest BCUT2D eigenvalue weighted by molar-refractivity contribution is 7.91. The zero-order valence-electron chi connectivity index (χ0n) is 17.4. The van der Waals surface area contributed by atoms with Crippen molar-refractivity contribution in [3.63, 3.8) is 0 Å². The van der Waals surface area contributed by atoms with E-state index < -0.39 is 9.84 Å². The maximum atomic E-state index is 12.9. The van der Waals surface area contributed by atoms with Crippen molar-refractivity contribution in [3.8, 4) is 5.75 Å². The summed E-state index contributed by atoms with van der Waals surface area (Å²) in [5.41, 5.74) is 0.809. The molecule has 32 heavy (non-hydrogen) atoms. The highest BCUT2D eigenvalue weighted by atomic mass is 32.2. The Morgan fingerprint density at radius 2 is 1.72 bits per heavy atom. The SMILES string of the molecule is CCCOc1ccc(S(=O)(=O)c2ccc(CNC(=O)c3cc4ccncc4s3)cc2)cc1. The van der Waals surface area contributed by atoms with E-state index in [1.54, 1.807) is 60.9 Å². The minimum atomic E-state index is -3.63. The molecule has 8 heteroatoms. The Bertz CT molecular complexity index is 1300. The topological polar surface area (TPSA) is 85.4 Å². The molecule has 0 radical (unpaired) electrons. The number of rotatable bonds is 8. The Labute approximate surface area is 190 Å². The molecule has 2 aromatic heterocycles. The van der Waals surface area contributed by atoms with Crippen LogP contribution >= 0.6 is 11.3 Å². The number of nitrogens with one attached hydrogen (secondary N) is 1. The molecule has 4 aromatic rings. The lowest BCUT2D eigenvalue weighted by Gasteiger charge is -2.09. The average molecular weight is 467 g/mol. The molecule has 2 heterocycles. The Kier molecular flexibility index (Phi) is 6.53. The van der Waals surface area contributed by atoms with Gasteiger partial charge in [-0.25, -0.2) is 8.42 Å². The second-order valence-corrected chi connectivity index (χ2v) is 10.2. The monoisotopic (exact) mass is 466 g/mol. The number of benzene rings is 2. The third kappa shape index (κ3) is 4.81. The molecule has 0 aliphatic rings. The number of carbonyl (C=O) groups is 1. The van der Waals surface area contributed by atoms with Gasteiger partial charge in [-0.05, 0) is 65.9 Å². The molecular formula is C24H22N2O4S2. The van der Waals surface area contributed by atoms with Crippen LogP contribution in [-0.2, 0) is 16.4 Å². The predicted molar refractivity (Wildman–Crippen MR) is 125 cm³/mol. The summed E-state index contributed by atoms with van der Waals surface area (Å²) in [4.78, 5) is 17.6. The first kappa shape index (κ1) is 22.0. The minimum absolute atomic E-state index is 0.173. The number of amides is 1. The van der Waals surface area contributed by atoms with Gasteiger partial charge in [-0.3, -0.25) is 9.78 Å². The molecule has 164 valence electrons. The van der Waals surface area contributed by atoms with E-state index >= 15 is 0 Å². The van der Waals surface area contributed by atoms with Gasteiger partial charge in [-0.2, -0.15) is 0 Å². The fourth-order valence-electron chi connectivity index (χ4n) is 3.12.